The maximum atomic E-state index is 13.4. The number of hydrogen-bond acceptors (Lipinski definition) is 4. The molecule has 2 heterocycles. The largest absolute Gasteiger partial charge is 0.383 e. The van der Waals surface area contributed by atoms with Crippen LogP contribution in [0.25, 0.3) is 11.1 Å². The van der Waals surface area contributed by atoms with Crippen molar-refractivity contribution in [3.63, 3.8) is 0 Å². The standard InChI is InChI=1S/C26H31N3O4/c1-18-6-3-4-9-22(18)20-8-5-7-19(14-20)15-23-25(31)27-10-11-29(23)26(32)21-16-24(30)28(17-21)12-13-33-2/h3-9,14,21,23H,10-13,15-17H2,1-2H3,(H,27,31)/t21-,23+/m0/s1. The molecule has 2 aliphatic heterocycles. The van der Waals surface area contributed by atoms with Crippen LogP contribution in [0.2, 0.25) is 0 Å². The van der Waals surface area contributed by atoms with Gasteiger partial charge in [-0.2, -0.15) is 0 Å². The van der Waals surface area contributed by atoms with Gasteiger partial charge < -0.3 is 19.9 Å². The van der Waals surface area contributed by atoms with Gasteiger partial charge in [0.1, 0.15) is 6.04 Å². The number of carbonyl (C=O) groups is 3. The number of methoxy groups -OCH3 is 1. The number of piperazine rings is 1. The summed E-state index contributed by atoms with van der Waals surface area (Å²) in [6, 6.07) is 15.8. The van der Waals surface area contributed by atoms with Crippen molar-refractivity contribution in [3.8, 4) is 11.1 Å². The van der Waals surface area contributed by atoms with Crippen molar-refractivity contribution >= 4 is 17.7 Å². The molecule has 2 saturated heterocycles. The first-order chi connectivity index (χ1) is 16.0. The van der Waals surface area contributed by atoms with Gasteiger partial charge in [-0.25, -0.2) is 0 Å². The van der Waals surface area contributed by atoms with Crippen molar-refractivity contribution in [2.45, 2.75) is 25.8 Å². The number of hydrogen-bond donors (Lipinski definition) is 1. The van der Waals surface area contributed by atoms with Crippen LogP contribution in [0.3, 0.4) is 0 Å². The van der Waals surface area contributed by atoms with E-state index in [1.165, 1.54) is 5.56 Å². The van der Waals surface area contributed by atoms with Crippen LogP contribution in [0.1, 0.15) is 17.5 Å². The van der Waals surface area contributed by atoms with Crippen molar-refractivity contribution in [2.75, 3.05) is 39.9 Å². The lowest BCUT2D eigenvalue weighted by molar-refractivity contribution is -0.146. The van der Waals surface area contributed by atoms with Gasteiger partial charge in [0, 0.05) is 46.1 Å². The molecule has 2 fully saturated rings. The minimum Gasteiger partial charge on any atom is -0.383 e. The fourth-order valence-electron chi connectivity index (χ4n) is 4.76. The molecule has 0 spiro atoms. The molecular formula is C26H31N3O4. The summed E-state index contributed by atoms with van der Waals surface area (Å²) in [4.78, 5) is 41.9. The van der Waals surface area contributed by atoms with Gasteiger partial charge in [-0.05, 0) is 29.2 Å². The molecule has 0 unspecified atom stereocenters. The molecule has 7 nitrogen and oxygen atoms in total. The van der Waals surface area contributed by atoms with E-state index in [2.05, 4.69) is 36.5 Å². The summed E-state index contributed by atoms with van der Waals surface area (Å²) in [5, 5.41) is 2.90. The zero-order valence-electron chi connectivity index (χ0n) is 19.3. The Bertz CT molecular complexity index is 1040. The van der Waals surface area contributed by atoms with Crippen LogP contribution in [-0.4, -0.2) is 73.5 Å². The second kappa shape index (κ2) is 10.2. The second-order valence-electron chi connectivity index (χ2n) is 8.79. The number of carbonyl (C=O) groups excluding carboxylic acids is 3. The lowest BCUT2D eigenvalue weighted by Gasteiger charge is -2.36. The van der Waals surface area contributed by atoms with Crippen LogP contribution in [0, 0.1) is 12.8 Å². The number of aryl methyl sites for hydroxylation is 1. The van der Waals surface area contributed by atoms with Crippen LogP contribution in [0.4, 0.5) is 0 Å². The molecular weight excluding hydrogens is 418 g/mol. The lowest BCUT2D eigenvalue weighted by atomic mass is 9.95. The van der Waals surface area contributed by atoms with Crippen molar-refractivity contribution in [2.24, 2.45) is 5.92 Å². The average Bonchev–Trinajstić information content (AvgIpc) is 3.19. The maximum absolute atomic E-state index is 13.4. The van der Waals surface area contributed by atoms with Crippen LogP contribution >= 0.6 is 0 Å². The summed E-state index contributed by atoms with van der Waals surface area (Å²) in [6.45, 7) is 4.27. The third kappa shape index (κ3) is 5.09. The molecule has 33 heavy (non-hydrogen) atoms. The Morgan fingerprint density at radius 1 is 1.15 bits per heavy atom. The maximum Gasteiger partial charge on any atom is 0.243 e. The topological polar surface area (TPSA) is 79.0 Å². The van der Waals surface area contributed by atoms with Gasteiger partial charge in [0.05, 0.1) is 12.5 Å². The smallest absolute Gasteiger partial charge is 0.243 e. The summed E-state index contributed by atoms with van der Waals surface area (Å²) >= 11 is 0. The number of nitrogens with one attached hydrogen (secondary N) is 1. The van der Waals surface area contributed by atoms with Gasteiger partial charge in [0.25, 0.3) is 0 Å². The third-order valence-corrected chi connectivity index (χ3v) is 6.56. The van der Waals surface area contributed by atoms with E-state index in [-0.39, 0.29) is 24.1 Å². The van der Waals surface area contributed by atoms with Crippen LogP contribution in [0.5, 0.6) is 0 Å². The molecule has 2 aromatic rings. The van der Waals surface area contributed by atoms with Gasteiger partial charge in [-0.3, -0.25) is 14.4 Å². The predicted molar refractivity (Wildman–Crippen MR) is 125 cm³/mol. The molecule has 2 atom stereocenters. The normalized spacial score (nSPS) is 20.8. The van der Waals surface area contributed by atoms with E-state index < -0.39 is 12.0 Å². The molecule has 0 radical (unpaired) electrons. The van der Waals surface area contributed by atoms with E-state index in [4.69, 9.17) is 4.74 Å². The fraction of sp³-hybridized carbons (Fsp3) is 0.423. The van der Waals surface area contributed by atoms with E-state index in [0.717, 1.165) is 16.7 Å². The first kappa shape index (κ1) is 23.0. The number of rotatable bonds is 7. The van der Waals surface area contributed by atoms with E-state index in [0.29, 0.717) is 39.2 Å². The lowest BCUT2D eigenvalue weighted by Crippen LogP contribution is -2.59. The van der Waals surface area contributed by atoms with E-state index in [9.17, 15) is 14.4 Å². The minimum absolute atomic E-state index is 0.0330. The third-order valence-electron chi connectivity index (χ3n) is 6.56. The Balaban J connectivity index is 1.51. The van der Waals surface area contributed by atoms with Crippen molar-refractivity contribution in [3.05, 3.63) is 59.7 Å². The number of ether oxygens (including phenoxy) is 1. The average molecular weight is 450 g/mol. The summed E-state index contributed by atoms with van der Waals surface area (Å²) < 4.78 is 5.07. The highest BCUT2D eigenvalue weighted by Gasteiger charge is 2.41. The van der Waals surface area contributed by atoms with Crippen LogP contribution in [-0.2, 0) is 25.5 Å². The Labute approximate surface area is 194 Å². The quantitative estimate of drug-likeness (QED) is 0.702. The first-order valence-electron chi connectivity index (χ1n) is 11.5. The van der Waals surface area contributed by atoms with E-state index in [1.54, 1.807) is 16.9 Å². The fourth-order valence-corrected chi connectivity index (χ4v) is 4.76. The molecule has 174 valence electrons. The van der Waals surface area contributed by atoms with Gasteiger partial charge >= 0.3 is 0 Å². The predicted octanol–water partition coefficient (Wildman–Crippen LogP) is 2.03. The molecule has 7 heteroatoms. The Morgan fingerprint density at radius 3 is 2.76 bits per heavy atom. The number of benzene rings is 2. The highest BCUT2D eigenvalue weighted by Crippen LogP contribution is 2.26. The Hall–Kier alpha value is -3.19. The van der Waals surface area contributed by atoms with Crippen molar-refractivity contribution < 1.29 is 19.1 Å². The zero-order valence-corrected chi connectivity index (χ0v) is 19.3. The molecule has 0 bridgehead atoms. The number of amides is 3. The summed E-state index contributed by atoms with van der Waals surface area (Å²) in [5.41, 5.74) is 4.43. The summed E-state index contributed by atoms with van der Waals surface area (Å²) in [5.74, 6) is -0.704. The number of likely N-dealkylation sites (tertiary alicyclic amines) is 1. The molecule has 2 aromatic carbocycles. The Kier molecular flexibility index (Phi) is 7.08. The molecule has 1 N–H and O–H groups in total. The molecule has 2 aliphatic rings. The van der Waals surface area contributed by atoms with Crippen LogP contribution < -0.4 is 5.32 Å². The summed E-state index contributed by atoms with van der Waals surface area (Å²) in [6.07, 6.45) is 0.626. The van der Waals surface area contributed by atoms with Crippen molar-refractivity contribution in [1.82, 2.24) is 15.1 Å². The molecule has 3 amide bonds. The van der Waals surface area contributed by atoms with Crippen LogP contribution in [0.15, 0.2) is 48.5 Å². The molecule has 0 aliphatic carbocycles. The molecule has 4 rings (SSSR count). The number of nitrogens with zero attached hydrogens (tertiary/aromatic N) is 2. The SMILES string of the molecule is COCCN1C[C@@H](C(=O)N2CCNC(=O)[C@H]2Cc2cccc(-c3ccccc3C)c2)CC1=O. The minimum atomic E-state index is -0.582. The van der Waals surface area contributed by atoms with Gasteiger partial charge in [0.15, 0.2) is 0 Å². The molecule has 0 saturated carbocycles. The highest BCUT2D eigenvalue weighted by molar-refractivity contribution is 5.93. The van der Waals surface area contributed by atoms with E-state index in [1.807, 2.05) is 24.3 Å². The van der Waals surface area contributed by atoms with E-state index >= 15 is 0 Å². The van der Waals surface area contributed by atoms with Crippen molar-refractivity contribution in [1.29, 1.82) is 0 Å². The van der Waals surface area contributed by atoms with Gasteiger partial charge in [-0.15, -0.1) is 0 Å². The molecule has 0 aromatic heterocycles. The first-order valence-corrected chi connectivity index (χ1v) is 11.5. The second-order valence-corrected chi connectivity index (χ2v) is 8.79. The van der Waals surface area contributed by atoms with Gasteiger partial charge in [-0.1, -0.05) is 48.5 Å². The monoisotopic (exact) mass is 449 g/mol. The highest BCUT2D eigenvalue weighted by atomic mass is 16.5. The Morgan fingerprint density at radius 2 is 1.97 bits per heavy atom. The van der Waals surface area contributed by atoms with Gasteiger partial charge in [0.2, 0.25) is 17.7 Å². The zero-order chi connectivity index (χ0) is 23.4. The summed E-state index contributed by atoms with van der Waals surface area (Å²) in [7, 11) is 1.59.